The van der Waals surface area contributed by atoms with Crippen molar-refractivity contribution in [2.75, 3.05) is 25.6 Å². The molecule has 0 spiro atoms. The van der Waals surface area contributed by atoms with E-state index >= 15 is 0 Å². The van der Waals surface area contributed by atoms with Crippen LogP contribution in [-0.2, 0) is 10.2 Å². The van der Waals surface area contributed by atoms with E-state index in [1.165, 1.54) is 17.3 Å². The van der Waals surface area contributed by atoms with Crippen LogP contribution >= 0.6 is 11.8 Å². The van der Waals surface area contributed by atoms with Gasteiger partial charge < -0.3 is 15.2 Å². The maximum Gasteiger partial charge on any atom is 0.151 e. The molecule has 1 aromatic rings. The molecule has 136 valence electrons. The molecule has 0 aliphatic carbocycles. The Kier molecular flexibility index (Phi) is 8.10. The zero-order valence-electron chi connectivity index (χ0n) is 15.6. The van der Waals surface area contributed by atoms with Crippen LogP contribution in [0.3, 0.4) is 0 Å². The molecule has 0 aliphatic heterocycles. The number of hydrogen-bond acceptors (Lipinski definition) is 4. The summed E-state index contributed by atoms with van der Waals surface area (Å²) >= 11 is 1.29. The molecule has 0 fully saturated rings. The molecule has 0 saturated carbocycles. The molecule has 1 rings (SSSR count). The summed E-state index contributed by atoms with van der Waals surface area (Å²) in [6.45, 7) is 13.1. The predicted octanol–water partition coefficient (Wildman–Crippen LogP) is 4.42. The summed E-state index contributed by atoms with van der Waals surface area (Å²) in [7, 11) is 0. The number of amidine groups is 1. The van der Waals surface area contributed by atoms with Crippen molar-refractivity contribution in [3.8, 4) is 5.75 Å². The fraction of sp³-hybridized carbons (Fsp3) is 0.632. The second-order valence-corrected chi connectivity index (χ2v) is 8.96. The molecule has 0 radical (unpaired) electrons. The third-order valence-corrected chi connectivity index (χ3v) is 4.27. The highest BCUT2D eigenvalue weighted by Gasteiger charge is 2.27. The number of nitrogens with two attached hydrogens (primary N) is 1. The van der Waals surface area contributed by atoms with Crippen molar-refractivity contribution < 1.29 is 9.47 Å². The van der Waals surface area contributed by atoms with Crippen LogP contribution in [0.15, 0.2) is 24.3 Å². The first kappa shape index (κ1) is 20.8. The highest BCUT2D eigenvalue weighted by atomic mass is 32.2. The van der Waals surface area contributed by atoms with Gasteiger partial charge in [-0.25, -0.2) is 0 Å². The average Bonchev–Trinajstić information content (AvgIpc) is 2.44. The molecule has 0 saturated heterocycles. The summed E-state index contributed by atoms with van der Waals surface area (Å²) < 4.78 is 11.1. The van der Waals surface area contributed by atoms with Gasteiger partial charge in [0.15, 0.2) is 5.17 Å². The molecule has 0 aliphatic rings. The van der Waals surface area contributed by atoms with Crippen LogP contribution in [0, 0.1) is 10.8 Å². The topological polar surface area (TPSA) is 68.3 Å². The Bertz CT molecular complexity index is 507. The predicted molar refractivity (Wildman–Crippen MR) is 104 cm³/mol. The molecule has 0 bridgehead atoms. The van der Waals surface area contributed by atoms with E-state index in [1.54, 1.807) is 0 Å². The Labute approximate surface area is 151 Å². The zero-order chi connectivity index (χ0) is 18.2. The zero-order valence-corrected chi connectivity index (χ0v) is 16.5. The quantitative estimate of drug-likeness (QED) is 0.392. The highest BCUT2D eigenvalue weighted by molar-refractivity contribution is 8.13. The SMILES string of the molecule is CC(C)(C)CC(C)(C)c1ccc(OCCOCCSC(=N)N)cc1. The van der Waals surface area contributed by atoms with Gasteiger partial charge >= 0.3 is 0 Å². The van der Waals surface area contributed by atoms with E-state index in [4.69, 9.17) is 20.6 Å². The minimum absolute atomic E-state index is 0.129. The molecule has 1 aromatic carbocycles. The Morgan fingerprint density at radius 1 is 1.04 bits per heavy atom. The van der Waals surface area contributed by atoms with Gasteiger partial charge in [-0.2, -0.15) is 0 Å². The van der Waals surface area contributed by atoms with Crippen LogP contribution in [0.2, 0.25) is 0 Å². The summed E-state index contributed by atoms with van der Waals surface area (Å²) in [5.74, 6) is 1.57. The standard InChI is InChI=1S/C19H32N2O2S/c1-18(2,3)14-19(4,5)15-6-8-16(9-7-15)23-11-10-22-12-13-24-17(20)21/h6-9H,10-14H2,1-5H3,(H3,20,21). The first-order valence-electron chi connectivity index (χ1n) is 8.38. The van der Waals surface area contributed by atoms with Gasteiger partial charge in [-0.05, 0) is 34.9 Å². The second-order valence-electron chi connectivity index (χ2n) is 7.82. The minimum Gasteiger partial charge on any atom is -0.491 e. The first-order valence-corrected chi connectivity index (χ1v) is 9.37. The minimum atomic E-state index is 0.129. The molecule has 0 aromatic heterocycles. The molecule has 24 heavy (non-hydrogen) atoms. The average molecular weight is 353 g/mol. The van der Waals surface area contributed by atoms with E-state index in [1.807, 2.05) is 12.1 Å². The van der Waals surface area contributed by atoms with Gasteiger partial charge in [-0.1, -0.05) is 58.5 Å². The molecular formula is C19H32N2O2S. The highest BCUT2D eigenvalue weighted by Crippen LogP contribution is 2.36. The molecule has 4 nitrogen and oxygen atoms in total. The first-order chi connectivity index (χ1) is 11.1. The number of benzene rings is 1. The number of rotatable bonds is 9. The van der Waals surface area contributed by atoms with Gasteiger partial charge in [0, 0.05) is 5.75 Å². The van der Waals surface area contributed by atoms with Gasteiger partial charge in [0.05, 0.1) is 13.2 Å². The van der Waals surface area contributed by atoms with Crippen LogP contribution in [-0.4, -0.2) is 30.7 Å². The van der Waals surface area contributed by atoms with Crippen molar-refractivity contribution in [2.45, 2.75) is 46.5 Å². The molecule has 0 unspecified atom stereocenters. The second kappa shape index (κ2) is 9.33. The van der Waals surface area contributed by atoms with Gasteiger partial charge in [-0.15, -0.1) is 0 Å². The van der Waals surface area contributed by atoms with Crippen molar-refractivity contribution in [1.82, 2.24) is 0 Å². The fourth-order valence-corrected chi connectivity index (χ4v) is 3.38. The van der Waals surface area contributed by atoms with E-state index in [-0.39, 0.29) is 10.6 Å². The molecule has 0 amide bonds. The molecular weight excluding hydrogens is 320 g/mol. The van der Waals surface area contributed by atoms with Crippen LogP contribution in [0.5, 0.6) is 5.75 Å². The summed E-state index contributed by atoms with van der Waals surface area (Å²) in [6, 6.07) is 8.38. The van der Waals surface area contributed by atoms with Crippen LogP contribution < -0.4 is 10.5 Å². The van der Waals surface area contributed by atoms with Crippen LogP contribution in [0.25, 0.3) is 0 Å². The lowest BCUT2D eigenvalue weighted by atomic mass is 9.72. The summed E-state index contributed by atoms with van der Waals surface area (Å²) in [6.07, 6.45) is 1.13. The van der Waals surface area contributed by atoms with Gasteiger partial charge in [0.25, 0.3) is 0 Å². The molecule has 5 heteroatoms. The largest absolute Gasteiger partial charge is 0.491 e. The Hall–Kier alpha value is -1.20. The maximum absolute atomic E-state index is 7.09. The number of thioether (sulfide) groups is 1. The maximum atomic E-state index is 7.09. The Morgan fingerprint density at radius 2 is 1.67 bits per heavy atom. The van der Waals surface area contributed by atoms with Gasteiger partial charge in [0.1, 0.15) is 12.4 Å². The monoisotopic (exact) mass is 352 g/mol. The summed E-state index contributed by atoms with van der Waals surface area (Å²) in [5, 5.41) is 7.22. The van der Waals surface area contributed by atoms with E-state index in [9.17, 15) is 0 Å². The molecule has 0 atom stereocenters. The number of ether oxygens (including phenoxy) is 2. The van der Waals surface area contributed by atoms with Crippen LogP contribution in [0.4, 0.5) is 0 Å². The van der Waals surface area contributed by atoms with Crippen molar-refractivity contribution in [2.24, 2.45) is 11.1 Å². The third-order valence-electron chi connectivity index (χ3n) is 3.59. The van der Waals surface area contributed by atoms with E-state index in [0.29, 0.717) is 31.0 Å². The van der Waals surface area contributed by atoms with Crippen molar-refractivity contribution in [3.63, 3.8) is 0 Å². The third kappa shape index (κ3) is 8.60. The van der Waals surface area contributed by atoms with Crippen molar-refractivity contribution in [3.05, 3.63) is 29.8 Å². The summed E-state index contributed by atoms with van der Waals surface area (Å²) in [4.78, 5) is 0. The Morgan fingerprint density at radius 3 is 2.21 bits per heavy atom. The number of nitrogens with one attached hydrogen (secondary N) is 1. The van der Waals surface area contributed by atoms with E-state index in [0.717, 1.165) is 12.2 Å². The van der Waals surface area contributed by atoms with Crippen molar-refractivity contribution in [1.29, 1.82) is 5.41 Å². The smallest absolute Gasteiger partial charge is 0.151 e. The van der Waals surface area contributed by atoms with Gasteiger partial charge in [-0.3, -0.25) is 5.41 Å². The Balaban J connectivity index is 2.36. The van der Waals surface area contributed by atoms with Gasteiger partial charge in [0.2, 0.25) is 0 Å². The normalized spacial score (nSPS) is 12.2. The van der Waals surface area contributed by atoms with E-state index < -0.39 is 0 Å². The van der Waals surface area contributed by atoms with Crippen LogP contribution in [0.1, 0.15) is 46.6 Å². The van der Waals surface area contributed by atoms with E-state index in [2.05, 4.69) is 46.8 Å². The van der Waals surface area contributed by atoms with Crippen molar-refractivity contribution >= 4 is 16.9 Å². The lowest BCUT2D eigenvalue weighted by Gasteiger charge is -2.33. The molecule has 3 N–H and O–H groups in total. The summed E-state index contributed by atoms with van der Waals surface area (Å²) in [5.41, 5.74) is 7.04. The lowest BCUT2D eigenvalue weighted by Crippen LogP contribution is -2.24. The number of hydrogen-bond donors (Lipinski definition) is 2. The lowest BCUT2D eigenvalue weighted by molar-refractivity contribution is 0.112. The fourth-order valence-electron chi connectivity index (χ4n) is 2.96. The molecule has 0 heterocycles.